The number of hydrogen-bond donors (Lipinski definition) is 6. The Balaban J connectivity index is 4.36. The number of carbonyl (C=O) groups is 6. The van der Waals surface area contributed by atoms with Crippen LogP contribution in [0.1, 0.15) is 51.4 Å². The number of hydrogen-bond acceptors (Lipinski definition) is 10. The van der Waals surface area contributed by atoms with E-state index in [1.807, 2.05) is 0 Å². The van der Waals surface area contributed by atoms with E-state index in [1.54, 1.807) is 0 Å². The van der Waals surface area contributed by atoms with Gasteiger partial charge in [0.05, 0.1) is 0 Å². The topological polar surface area (TPSA) is 242 Å². The first kappa shape index (κ1) is 35.4. The Labute approximate surface area is 228 Å². The summed E-state index contributed by atoms with van der Waals surface area (Å²) in [6.45, 7) is -0.577. The van der Waals surface area contributed by atoms with Gasteiger partial charge in [-0.15, -0.1) is 0 Å². The summed E-state index contributed by atoms with van der Waals surface area (Å²) < 4.78 is 0. The number of carboxylic acids is 4. The Morgan fingerprint density at radius 1 is 0.605 bits per heavy atom. The first-order valence-electron chi connectivity index (χ1n) is 12.1. The minimum atomic E-state index is -1.16. The van der Waals surface area contributed by atoms with Crippen molar-refractivity contribution in [3.8, 4) is 0 Å². The van der Waals surface area contributed by atoms with Crippen LogP contribution in [0.4, 0.5) is 0 Å². The Morgan fingerprint density at radius 3 is 1.24 bits per heavy atom. The molecular weight excluding hydrogens is 544 g/mol. The van der Waals surface area contributed by atoms with Crippen LogP contribution < -0.4 is 11.5 Å². The number of nitrogens with zero attached hydrogens (tertiary/aromatic N) is 2. The lowest BCUT2D eigenvalue weighted by molar-refractivity contribution is -0.144. The predicted octanol–water partition coefficient (Wildman–Crippen LogP) is 0.139. The molecule has 0 bridgehead atoms. The molecule has 0 saturated carbocycles. The molecule has 0 aliphatic rings. The van der Waals surface area contributed by atoms with Gasteiger partial charge in [-0.3, -0.25) is 28.8 Å². The van der Waals surface area contributed by atoms with Gasteiger partial charge in [0.15, 0.2) is 0 Å². The highest BCUT2D eigenvalue weighted by molar-refractivity contribution is 8.76. The van der Waals surface area contributed by atoms with Crippen LogP contribution in [0.2, 0.25) is 0 Å². The maximum atomic E-state index is 12.4. The van der Waals surface area contributed by atoms with Gasteiger partial charge in [0.1, 0.15) is 25.2 Å². The van der Waals surface area contributed by atoms with Gasteiger partial charge in [-0.05, 0) is 38.5 Å². The number of amides is 2. The molecule has 38 heavy (non-hydrogen) atoms. The van der Waals surface area contributed by atoms with Gasteiger partial charge in [-0.1, -0.05) is 21.6 Å². The van der Waals surface area contributed by atoms with Crippen LogP contribution in [-0.4, -0.2) is 116 Å². The van der Waals surface area contributed by atoms with Crippen LogP contribution in [0.5, 0.6) is 0 Å². The monoisotopic (exact) mass is 582 g/mol. The molecule has 0 aromatic heterocycles. The van der Waals surface area contributed by atoms with Crippen molar-refractivity contribution in [1.29, 1.82) is 0 Å². The third-order valence-electron chi connectivity index (χ3n) is 5.26. The average Bonchev–Trinajstić information content (AvgIpc) is 2.83. The molecule has 218 valence electrons. The molecular formula is C22H38N4O10S2. The fourth-order valence-corrected chi connectivity index (χ4v) is 5.14. The lowest BCUT2D eigenvalue weighted by Crippen LogP contribution is -2.37. The van der Waals surface area contributed by atoms with Crippen molar-refractivity contribution in [2.75, 3.05) is 37.7 Å². The summed E-state index contributed by atoms with van der Waals surface area (Å²) in [5.74, 6) is -4.50. The summed E-state index contributed by atoms with van der Waals surface area (Å²) in [4.78, 5) is 70.9. The maximum Gasteiger partial charge on any atom is 0.323 e. The third-order valence-corrected chi connectivity index (χ3v) is 7.67. The molecule has 0 spiro atoms. The molecule has 2 unspecified atom stereocenters. The second-order valence-electron chi connectivity index (χ2n) is 8.44. The van der Waals surface area contributed by atoms with E-state index in [-0.39, 0.29) is 50.6 Å². The van der Waals surface area contributed by atoms with Gasteiger partial charge in [-0.2, -0.15) is 0 Å². The van der Waals surface area contributed by atoms with Crippen molar-refractivity contribution < 1.29 is 49.2 Å². The van der Waals surface area contributed by atoms with Gasteiger partial charge < -0.3 is 41.7 Å². The minimum Gasteiger partial charge on any atom is -0.480 e. The highest BCUT2D eigenvalue weighted by atomic mass is 33.1. The number of nitrogens with two attached hydrogens (primary N) is 2. The lowest BCUT2D eigenvalue weighted by Gasteiger charge is -2.21. The van der Waals surface area contributed by atoms with E-state index in [1.165, 1.54) is 31.4 Å². The first-order chi connectivity index (χ1) is 17.8. The van der Waals surface area contributed by atoms with Crippen molar-refractivity contribution in [1.82, 2.24) is 9.80 Å². The van der Waals surface area contributed by atoms with Crippen molar-refractivity contribution in [2.24, 2.45) is 11.5 Å². The molecule has 2 atom stereocenters. The standard InChI is InChI=1S/C22H38N4O10S2/c23-15(21(33)34)5-1-3-9-25(13-19(29)30)17(27)7-11-37-38-12-8-18(28)26(14-20(31)32)10-4-2-6-16(24)22(35)36/h15-16H,1-14,23-24H2,(H,29,30)(H,31,32)(H,33,34)(H,35,36). The van der Waals surface area contributed by atoms with E-state index in [0.717, 1.165) is 0 Å². The van der Waals surface area contributed by atoms with Gasteiger partial charge in [0, 0.05) is 37.4 Å². The molecule has 2 amide bonds. The van der Waals surface area contributed by atoms with Crippen molar-refractivity contribution in [2.45, 2.75) is 63.5 Å². The molecule has 0 aliphatic carbocycles. The number of carboxylic acid groups (broad SMARTS) is 4. The summed E-state index contributed by atoms with van der Waals surface area (Å²) in [5.41, 5.74) is 10.9. The van der Waals surface area contributed by atoms with Gasteiger partial charge in [0.25, 0.3) is 0 Å². The second kappa shape index (κ2) is 20.4. The van der Waals surface area contributed by atoms with Crippen LogP contribution >= 0.6 is 21.6 Å². The van der Waals surface area contributed by atoms with Crippen LogP contribution in [0.25, 0.3) is 0 Å². The zero-order valence-electron chi connectivity index (χ0n) is 21.2. The largest absolute Gasteiger partial charge is 0.480 e. The van der Waals surface area contributed by atoms with Gasteiger partial charge in [0.2, 0.25) is 11.8 Å². The van der Waals surface area contributed by atoms with Crippen LogP contribution in [-0.2, 0) is 28.8 Å². The van der Waals surface area contributed by atoms with E-state index in [4.69, 9.17) is 31.9 Å². The fourth-order valence-electron chi connectivity index (χ4n) is 3.18. The Morgan fingerprint density at radius 2 is 0.947 bits per heavy atom. The summed E-state index contributed by atoms with van der Waals surface area (Å²) in [7, 11) is 2.66. The molecule has 0 aromatic rings. The third kappa shape index (κ3) is 17.8. The SMILES string of the molecule is NC(CCCCN(CC(=O)O)C(=O)CCSSCCC(=O)N(CCCCC(N)C(=O)O)CC(=O)O)C(=O)O. The number of rotatable bonds is 23. The van der Waals surface area contributed by atoms with E-state index in [2.05, 4.69) is 0 Å². The highest BCUT2D eigenvalue weighted by Gasteiger charge is 2.19. The summed E-state index contributed by atoms with van der Waals surface area (Å²) >= 11 is 0. The van der Waals surface area contributed by atoms with E-state index in [9.17, 15) is 28.8 Å². The van der Waals surface area contributed by atoms with Gasteiger partial charge in [-0.25, -0.2) is 0 Å². The van der Waals surface area contributed by atoms with E-state index in [0.29, 0.717) is 37.2 Å². The van der Waals surface area contributed by atoms with Crippen molar-refractivity contribution in [3.63, 3.8) is 0 Å². The average molecular weight is 583 g/mol. The summed E-state index contributed by atoms with van der Waals surface area (Å²) in [5, 5.41) is 35.7. The highest BCUT2D eigenvalue weighted by Crippen LogP contribution is 2.23. The smallest absolute Gasteiger partial charge is 0.323 e. The molecule has 0 rings (SSSR count). The molecule has 8 N–H and O–H groups in total. The van der Waals surface area contributed by atoms with Crippen molar-refractivity contribution >= 4 is 57.3 Å². The van der Waals surface area contributed by atoms with Crippen LogP contribution in [0.3, 0.4) is 0 Å². The lowest BCUT2D eigenvalue weighted by atomic mass is 10.1. The molecule has 14 nitrogen and oxygen atoms in total. The molecule has 0 fully saturated rings. The molecule has 0 radical (unpaired) electrons. The zero-order valence-corrected chi connectivity index (χ0v) is 22.8. The van der Waals surface area contributed by atoms with Gasteiger partial charge >= 0.3 is 23.9 Å². The molecule has 0 heterocycles. The molecule has 0 aromatic carbocycles. The molecule has 0 aliphatic heterocycles. The summed E-state index contributed by atoms with van der Waals surface area (Å²) in [6.07, 6.45) is 2.31. The number of unbranched alkanes of at least 4 members (excludes halogenated alkanes) is 2. The molecule has 16 heteroatoms. The van der Waals surface area contributed by atoms with Crippen LogP contribution in [0.15, 0.2) is 0 Å². The summed E-state index contributed by atoms with van der Waals surface area (Å²) in [6, 6.07) is -2.00. The zero-order chi connectivity index (χ0) is 29.1. The Bertz CT molecular complexity index is 738. The number of carbonyl (C=O) groups excluding carboxylic acids is 2. The van der Waals surface area contributed by atoms with E-state index >= 15 is 0 Å². The van der Waals surface area contributed by atoms with Crippen LogP contribution in [0, 0.1) is 0 Å². The minimum absolute atomic E-state index is 0.0805. The Kier molecular flexibility index (Phi) is 19.0. The van der Waals surface area contributed by atoms with Crippen molar-refractivity contribution in [3.05, 3.63) is 0 Å². The number of aliphatic carboxylic acids is 4. The predicted molar refractivity (Wildman–Crippen MR) is 142 cm³/mol. The normalized spacial score (nSPS) is 12.4. The quantitative estimate of drug-likeness (QED) is 0.0693. The second-order valence-corrected chi connectivity index (χ2v) is 11.1. The first-order valence-corrected chi connectivity index (χ1v) is 14.5. The Hall–Kier alpha value is -2.56. The fraction of sp³-hybridized carbons (Fsp3) is 0.727. The molecule has 0 saturated heterocycles. The van der Waals surface area contributed by atoms with E-state index < -0.39 is 49.1 Å². The maximum absolute atomic E-state index is 12.4.